The molecule has 0 saturated carbocycles. The molecule has 0 spiro atoms. The zero-order chi connectivity index (χ0) is 30.8. The van der Waals surface area contributed by atoms with Crippen molar-refractivity contribution in [2.45, 2.75) is 31.7 Å². The third kappa shape index (κ3) is 7.51. The number of alkyl halides is 6. The lowest BCUT2D eigenvalue weighted by atomic mass is 9.97. The Balaban J connectivity index is 1.16. The molecule has 2 amide bonds. The highest BCUT2D eigenvalue weighted by Gasteiger charge is 2.38. The van der Waals surface area contributed by atoms with E-state index in [4.69, 9.17) is 0 Å². The predicted octanol–water partition coefficient (Wildman–Crippen LogP) is 5.91. The van der Waals surface area contributed by atoms with Crippen molar-refractivity contribution < 1.29 is 35.9 Å². The molecule has 2 N–H and O–H groups in total. The molecule has 2 aromatic heterocycles. The summed E-state index contributed by atoms with van der Waals surface area (Å²) in [5.74, 6) is 0.357. The first-order valence-corrected chi connectivity index (χ1v) is 14.0. The fourth-order valence-electron chi connectivity index (χ4n) is 4.80. The number of pyridine rings is 1. The maximum absolute atomic E-state index is 13.6. The molecule has 2 saturated heterocycles. The second-order valence-electron chi connectivity index (χ2n) is 9.97. The van der Waals surface area contributed by atoms with Gasteiger partial charge in [0, 0.05) is 31.4 Å². The molecule has 0 unspecified atom stereocenters. The first kappa shape index (κ1) is 30.5. The molecular formula is C28H24F6N6O2S. The van der Waals surface area contributed by atoms with Gasteiger partial charge in [0.15, 0.2) is 0 Å². The van der Waals surface area contributed by atoms with Gasteiger partial charge in [-0.05, 0) is 73.5 Å². The fourth-order valence-corrected chi connectivity index (χ4v) is 5.46. The molecular weight excluding hydrogens is 598 g/mol. The quantitative estimate of drug-likeness (QED) is 0.248. The normalized spacial score (nSPS) is 17.5. The van der Waals surface area contributed by atoms with Gasteiger partial charge in [0.2, 0.25) is 5.95 Å². The number of halogens is 6. The highest BCUT2D eigenvalue weighted by Crippen LogP contribution is 2.40. The average Bonchev–Trinajstić information content (AvgIpc) is 3.28. The number of rotatable bonds is 7. The van der Waals surface area contributed by atoms with E-state index in [1.807, 2.05) is 4.90 Å². The van der Waals surface area contributed by atoms with Gasteiger partial charge in [0.1, 0.15) is 0 Å². The summed E-state index contributed by atoms with van der Waals surface area (Å²) in [6.45, 7) is 2.26. The molecule has 2 fully saturated rings. The van der Waals surface area contributed by atoms with Crippen LogP contribution in [-0.2, 0) is 23.7 Å². The summed E-state index contributed by atoms with van der Waals surface area (Å²) in [7, 11) is 0. The number of piperidine rings is 1. The second kappa shape index (κ2) is 12.3. The summed E-state index contributed by atoms with van der Waals surface area (Å²) < 4.78 is 80.0. The minimum absolute atomic E-state index is 0.0645. The van der Waals surface area contributed by atoms with Gasteiger partial charge in [-0.25, -0.2) is 9.97 Å². The SMILES string of the molecule is O=C1NC(=O)C(=Cc2ccnc(N3CCC(CNCc4cccc(-c5ccc(C(F)(F)F)cc5C(F)(F)F)n4)CC3)n2)S1. The van der Waals surface area contributed by atoms with Gasteiger partial charge in [0.05, 0.1) is 33.1 Å². The van der Waals surface area contributed by atoms with Crippen LogP contribution in [0.2, 0.25) is 0 Å². The van der Waals surface area contributed by atoms with Gasteiger partial charge in [0.25, 0.3) is 11.1 Å². The van der Waals surface area contributed by atoms with Crippen molar-refractivity contribution in [1.82, 2.24) is 25.6 Å². The van der Waals surface area contributed by atoms with Crippen LogP contribution in [0.3, 0.4) is 0 Å². The Morgan fingerprint density at radius 1 is 1.00 bits per heavy atom. The molecule has 5 rings (SSSR count). The Morgan fingerprint density at radius 2 is 1.77 bits per heavy atom. The number of carbonyl (C=O) groups is 2. The summed E-state index contributed by atoms with van der Waals surface area (Å²) in [5.41, 5.74) is -2.29. The van der Waals surface area contributed by atoms with Crippen LogP contribution in [0.15, 0.2) is 53.6 Å². The van der Waals surface area contributed by atoms with Crippen LogP contribution in [0.5, 0.6) is 0 Å². The van der Waals surface area contributed by atoms with Crippen LogP contribution in [-0.4, -0.2) is 45.7 Å². The molecule has 8 nitrogen and oxygen atoms in total. The summed E-state index contributed by atoms with van der Waals surface area (Å²) in [6, 6.07) is 7.69. The van der Waals surface area contributed by atoms with Crippen molar-refractivity contribution in [3.8, 4) is 11.3 Å². The fraction of sp³-hybridized carbons (Fsp3) is 0.321. The summed E-state index contributed by atoms with van der Waals surface area (Å²) in [5, 5.41) is 5.05. The van der Waals surface area contributed by atoms with Gasteiger partial charge in [-0.15, -0.1) is 0 Å². The van der Waals surface area contributed by atoms with E-state index in [1.54, 1.807) is 18.3 Å². The molecule has 2 aliphatic heterocycles. The molecule has 0 atom stereocenters. The lowest BCUT2D eigenvalue weighted by Crippen LogP contribution is -2.38. The van der Waals surface area contributed by atoms with Crippen LogP contribution in [0.4, 0.5) is 37.1 Å². The van der Waals surface area contributed by atoms with Gasteiger partial charge in [-0.3, -0.25) is 19.9 Å². The van der Waals surface area contributed by atoms with Crippen molar-refractivity contribution >= 4 is 34.9 Å². The predicted molar refractivity (Wildman–Crippen MR) is 147 cm³/mol. The monoisotopic (exact) mass is 622 g/mol. The number of hydrogen-bond acceptors (Lipinski definition) is 8. The van der Waals surface area contributed by atoms with E-state index in [2.05, 4.69) is 25.6 Å². The highest BCUT2D eigenvalue weighted by atomic mass is 32.2. The number of hydrogen-bond donors (Lipinski definition) is 2. The number of thioether (sulfide) groups is 1. The van der Waals surface area contributed by atoms with E-state index >= 15 is 0 Å². The van der Waals surface area contributed by atoms with Crippen molar-refractivity contribution in [3.05, 3.63) is 76.1 Å². The Kier molecular flexibility index (Phi) is 8.74. The topological polar surface area (TPSA) is 100 Å². The minimum Gasteiger partial charge on any atom is -0.341 e. The standard InChI is InChI=1S/C28H24F6N6O2S/c29-27(30,31)17-4-5-20(21(12-17)28(32,33)34)22-3-1-2-19(37-22)15-35-14-16-7-10-40(11-8-16)25-36-9-6-18(38-25)13-23-24(41)39-26(42)43-23/h1-6,9,12-13,16,35H,7-8,10-11,14-15H2,(H,39,41,42). The molecule has 43 heavy (non-hydrogen) atoms. The zero-order valence-electron chi connectivity index (χ0n) is 22.3. The lowest BCUT2D eigenvalue weighted by Gasteiger charge is -2.32. The second-order valence-corrected chi connectivity index (χ2v) is 11.0. The maximum Gasteiger partial charge on any atom is 0.417 e. The molecule has 0 bridgehead atoms. The third-order valence-electron chi connectivity index (χ3n) is 6.96. The van der Waals surface area contributed by atoms with Crippen molar-refractivity contribution in [3.63, 3.8) is 0 Å². The highest BCUT2D eigenvalue weighted by molar-refractivity contribution is 8.18. The maximum atomic E-state index is 13.6. The van der Waals surface area contributed by atoms with Crippen molar-refractivity contribution in [2.75, 3.05) is 24.5 Å². The lowest BCUT2D eigenvalue weighted by molar-refractivity contribution is -0.142. The summed E-state index contributed by atoms with van der Waals surface area (Å²) in [4.78, 5) is 38.6. The number of nitrogens with one attached hydrogen (secondary N) is 2. The Hall–Kier alpha value is -3.98. The molecule has 2 aliphatic rings. The average molecular weight is 623 g/mol. The van der Waals surface area contributed by atoms with Crippen LogP contribution in [0.25, 0.3) is 17.3 Å². The van der Waals surface area contributed by atoms with Crippen LogP contribution < -0.4 is 15.5 Å². The summed E-state index contributed by atoms with van der Waals surface area (Å²) >= 11 is 0.812. The first-order chi connectivity index (χ1) is 20.4. The first-order valence-electron chi connectivity index (χ1n) is 13.1. The van der Waals surface area contributed by atoms with E-state index in [-0.39, 0.29) is 23.2 Å². The van der Waals surface area contributed by atoms with Crippen LogP contribution in [0.1, 0.15) is 35.4 Å². The smallest absolute Gasteiger partial charge is 0.341 e. The van der Waals surface area contributed by atoms with Crippen LogP contribution in [0, 0.1) is 5.92 Å². The molecule has 1 aromatic carbocycles. The number of carbonyl (C=O) groups excluding carboxylic acids is 2. The number of nitrogens with zero attached hydrogens (tertiary/aromatic N) is 4. The third-order valence-corrected chi connectivity index (χ3v) is 7.77. The van der Waals surface area contributed by atoms with E-state index in [9.17, 15) is 35.9 Å². The zero-order valence-corrected chi connectivity index (χ0v) is 23.1. The molecule has 0 aliphatic carbocycles. The van der Waals surface area contributed by atoms with E-state index in [0.717, 1.165) is 30.7 Å². The number of anilines is 1. The van der Waals surface area contributed by atoms with Gasteiger partial charge < -0.3 is 10.2 Å². The number of benzene rings is 1. The van der Waals surface area contributed by atoms with Crippen molar-refractivity contribution in [1.29, 1.82) is 0 Å². The van der Waals surface area contributed by atoms with Crippen molar-refractivity contribution in [2.24, 2.45) is 5.92 Å². The largest absolute Gasteiger partial charge is 0.417 e. The van der Waals surface area contributed by atoms with Gasteiger partial charge in [-0.1, -0.05) is 12.1 Å². The Bertz CT molecular complexity index is 1550. The van der Waals surface area contributed by atoms with Gasteiger partial charge in [-0.2, -0.15) is 26.3 Å². The molecule has 0 radical (unpaired) electrons. The Labute approximate surface area is 246 Å². The molecule has 15 heteroatoms. The minimum atomic E-state index is -4.99. The molecule has 4 heterocycles. The molecule has 226 valence electrons. The number of imide groups is 1. The Morgan fingerprint density at radius 3 is 2.44 bits per heavy atom. The number of amides is 2. The van der Waals surface area contributed by atoms with Crippen LogP contribution >= 0.6 is 11.8 Å². The van der Waals surface area contributed by atoms with E-state index in [0.29, 0.717) is 49.0 Å². The summed E-state index contributed by atoms with van der Waals surface area (Å²) in [6.07, 6.45) is -5.12. The van der Waals surface area contributed by atoms with E-state index < -0.39 is 40.2 Å². The molecule has 3 aromatic rings. The van der Waals surface area contributed by atoms with E-state index in [1.165, 1.54) is 18.2 Å². The number of aromatic nitrogens is 3. The van der Waals surface area contributed by atoms with Gasteiger partial charge >= 0.3 is 12.4 Å².